The third-order valence-electron chi connectivity index (χ3n) is 5.46. The Labute approximate surface area is 173 Å². The molecule has 1 fully saturated rings. The van der Waals surface area contributed by atoms with Gasteiger partial charge < -0.3 is 9.64 Å². The van der Waals surface area contributed by atoms with Gasteiger partial charge in [-0.2, -0.15) is 0 Å². The normalized spacial score (nSPS) is 17.3. The Bertz CT molecular complexity index is 1160. The second kappa shape index (κ2) is 8.10. The highest BCUT2D eigenvalue weighted by molar-refractivity contribution is 5.87. The average Bonchev–Trinajstić information content (AvgIpc) is 3.14. The average molecular weight is 405 g/mol. The molecule has 0 aliphatic carbocycles. The van der Waals surface area contributed by atoms with Crippen molar-refractivity contribution in [3.8, 4) is 0 Å². The summed E-state index contributed by atoms with van der Waals surface area (Å²) in [6.45, 7) is 4.07. The lowest BCUT2D eigenvalue weighted by atomic mass is 10.1. The van der Waals surface area contributed by atoms with Gasteiger partial charge in [0.1, 0.15) is 12.3 Å². The van der Waals surface area contributed by atoms with Crippen molar-refractivity contribution < 1.29 is 14.3 Å². The van der Waals surface area contributed by atoms with Gasteiger partial charge >= 0.3 is 5.97 Å². The fourth-order valence-corrected chi connectivity index (χ4v) is 3.77. The van der Waals surface area contributed by atoms with Crippen LogP contribution in [0.15, 0.2) is 59.5 Å². The van der Waals surface area contributed by atoms with E-state index in [4.69, 9.17) is 4.74 Å². The summed E-state index contributed by atoms with van der Waals surface area (Å²) in [5, 5.41) is 0. The summed E-state index contributed by atoms with van der Waals surface area (Å²) >= 11 is 0. The van der Waals surface area contributed by atoms with Crippen molar-refractivity contribution in [2.24, 2.45) is 5.92 Å². The zero-order chi connectivity index (χ0) is 21.3. The maximum atomic E-state index is 12.5. The van der Waals surface area contributed by atoms with Crippen LogP contribution in [0, 0.1) is 12.8 Å². The molecule has 0 spiro atoms. The minimum Gasteiger partial charge on any atom is -0.459 e. The van der Waals surface area contributed by atoms with Crippen LogP contribution in [0.3, 0.4) is 0 Å². The number of amides is 1. The first-order chi connectivity index (χ1) is 14.4. The Balaban J connectivity index is 1.41. The van der Waals surface area contributed by atoms with Crippen molar-refractivity contribution >= 4 is 17.5 Å². The third kappa shape index (κ3) is 3.96. The van der Waals surface area contributed by atoms with Gasteiger partial charge in [-0.1, -0.05) is 36.4 Å². The molecule has 30 heavy (non-hydrogen) atoms. The summed E-state index contributed by atoms with van der Waals surface area (Å²) in [7, 11) is 0. The predicted octanol–water partition coefficient (Wildman–Crippen LogP) is 2.66. The van der Waals surface area contributed by atoms with Crippen LogP contribution >= 0.6 is 0 Å². The van der Waals surface area contributed by atoms with Crippen molar-refractivity contribution in [3.05, 3.63) is 81.9 Å². The van der Waals surface area contributed by atoms with Gasteiger partial charge in [-0.05, 0) is 31.0 Å². The summed E-state index contributed by atoms with van der Waals surface area (Å²) in [6, 6.07) is 14.6. The van der Waals surface area contributed by atoms with Gasteiger partial charge in [0.15, 0.2) is 0 Å². The molecular weight excluding hydrogens is 382 g/mol. The van der Waals surface area contributed by atoms with Crippen LogP contribution in [-0.2, 0) is 20.9 Å². The Kier molecular flexibility index (Phi) is 5.35. The molecule has 3 aromatic rings. The quantitative estimate of drug-likeness (QED) is 0.610. The van der Waals surface area contributed by atoms with Crippen molar-refractivity contribution in [1.82, 2.24) is 14.3 Å². The predicted molar refractivity (Wildman–Crippen MR) is 111 cm³/mol. The van der Waals surface area contributed by atoms with Crippen LogP contribution in [0.25, 0.3) is 5.65 Å². The molecule has 1 saturated heterocycles. The first-order valence-electron chi connectivity index (χ1n) is 9.92. The number of carbonyl (C=O) groups excluding carboxylic acids is 2. The molecule has 7 nitrogen and oxygen atoms in total. The lowest BCUT2D eigenvalue weighted by Gasteiger charge is -2.25. The SMILES string of the molecule is Cc1ccc2nc(COC(=O)[C@@H]3CC(=O)N([C@H](C)c4ccccc4)C3)cc(=O)n2c1. The fourth-order valence-electron chi connectivity index (χ4n) is 3.77. The highest BCUT2D eigenvalue weighted by atomic mass is 16.5. The van der Waals surface area contributed by atoms with Crippen LogP contribution in [0.4, 0.5) is 0 Å². The highest BCUT2D eigenvalue weighted by Crippen LogP contribution is 2.29. The van der Waals surface area contributed by atoms with E-state index in [0.29, 0.717) is 17.9 Å². The van der Waals surface area contributed by atoms with Crippen molar-refractivity contribution in [2.45, 2.75) is 32.9 Å². The number of benzene rings is 1. The van der Waals surface area contributed by atoms with Crippen LogP contribution in [0.1, 0.15) is 36.2 Å². The van der Waals surface area contributed by atoms with Gasteiger partial charge in [0.25, 0.3) is 5.56 Å². The summed E-state index contributed by atoms with van der Waals surface area (Å²) in [6.07, 6.45) is 1.84. The van der Waals surface area contributed by atoms with E-state index in [2.05, 4.69) is 4.98 Å². The number of aromatic nitrogens is 2. The Morgan fingerprint density at radius 1 is 1.20 bits per heavy atom. The standard InChI is InChI=1S/C23H23N3O4/c1-15-8-9-20-24-19(11-22(28)26(20)12-15)14-30-23(29)18-10-21(27)25(13-18)16(2)17-6-4-3-5-7-17/h3-9,11-12,16,18H,10,13-14H2,1-2H3/t16-,18-/m1/s1. The fraction of sp³-hybridized carbons (Fsp3) is 0.304. The first kappa shape index (κ1) is 19.8. The molecule has 0 bridgehead atoms. The number of rotatable bonds is 5. The van der Waals surface area contributed by atoms with Crippen molar-refractivity contribution in [3.63, 3.8) is 0 Å². The second-order valence-electron chi connectivity index (χ2n) is 7.66. The monoisotopic (exact) mass is 405 g/mol. The molecule has 1 aromatic carbocycles. The van der Waals surface area contributed by atoms with Crippen molar-refractivity contribution in [1.29, 1.82) is 0 Å². The molecule has 0 N–H and O–H groups in total. The van der Waals surface area contributed by atoms with Crippen molar-refractivity contribution in [2.75, 3.05) is 6.54 Å². The number of aryl methyl sites for hydroxylation is 1. The molecule has 3 heterocycles. The van der Waals surface area contributed by atoms with E-state index < -0.39 is 11.9 Å². The largest absolute Gasteiger partial charge is 0.459 e. The zero-order valence-corrected chi connectivity index (χ0v) is 16.9. The number of esters is 1. The molecule has 154 valence electrons. The van der Waals surface area contributed by atoms with E-state index in [1.165, 1.54) is 10.5 Å². The van der Waals surface area contributed by atoms with E-state index in [1.54, 1.807) is 17.2 Å². The van der Waals surface area contributed by atoms with E-state index in [-0.39, 0.29) is 30.5 Å². The summed E-state index contributed by atoms with van der Waals surface area (Å²) in [4.78, 5) is 43.4. The molecular formula is C23H23N3O4. The van der Waals surface area contributed by atoms with Crippen LogP contribution in [-0.4, -0.2) is 32.7 Å². The smallest absolute Gasteiger partial charge is 0.311 e. The van der Waals surface area contributed by atoms with Gasteiger partial charge in [0.2, 0.25) is 5.91 Å². The summed E-state index contributed by atoms with van der Waals surface area (Å²) in [5.74, 6) is -1.03. The zero-order valence-electron chi connectivity index (χ0n) is 16.9. The Hall–Kier alpha value is -3.48. The number of pyridine rings is 1. The molecule has 0 unspecified atom stereocenters. The van der Waals surface area contributed by atoms with Crippen LogP contribution in [0.2, 0.25) is 0 Å². The third-order valence-corrected chi connectivity index (χ3v) is 5.46. The molecule has 0 radical (unpaired) electrons. The van der Waals surface area contributed by atoms with E-state index >= 15 is 0 Å². The molecule has 1 aliphatic rings. The number of likely N-dealkylation sites (tertiary alicyclic amines) is 1. The molecule has 1 aliphatic heterocycles. The molecule has 4 rings (SSSR count). The Morgan fingerprint density at radius 3 is 2.73 bits per heavy atom. The molecule has 0 saturated carbocycles. The molecule has 2 atom stereocenters. The van der Waals surface area contributed by atoms with Crippen LogP contribution < -0.4 is 5.56 Å². The first-order valence-corrected chi connectivity index (χ1v) is 9.92. The number of hydrogen-bond acceptors (Lipinski definition) is 5. The van der Waals surface area contributed by atoms with E-state index in [0.717, 1.165) is 11.1 Å². The van der Waals surface area contributed by atoms with Crippen LogP contribution in [0.5, 0.6) is 0 Å². The van der Waals surface area contributed by atoms with Gasteiger partial charge in [-0.15, -0.1) is 0 Å². The minimum atomic E-state index is -0.520. The number of carbonyl (C=O) groups is 2. The molecule has 1 amide bonds. The van der Waals surface area contributed by atoms with Gasteiger partial charge in [0, 0.05) is 25.2 Å². The lowest BCUT2D eigenvalue weighted by molar-refractivity contribution is -0.149. The van der Waals surface area contributed by atoms with E-state index in [9.17, 15) is 14.4 Å². The number of ether oxygens (including phenoxy) is 1. The number of hydrogen-bond donors (Lipinski definition) is 0. The molecule has 2 aromatic heterocycles. The Morgan fingerprint density at radius 2 is 1.97 bits per heavy atom. The number of fused-ring (bicyclic) bond motifs is 1. The molecule has 7 heteroatoms. The minimum absolute atomic E-state index is 0.0641. The van der Waals surface area contributed by atoms with Gasteiger partial charge in [-0.3, -0.25) is 18.8 Å². The highest BCUT2D eigenvalue weighted by Gasteiger charge is 2.37. The summed E-state index contributed by atoms with van der Waals surface area (Å²) < 4.78 is 6.85. The van der Waals surface area contributed by atoms with E-state index in [1.807, 2.05) is 50.2 Å². The maximum Gasteiger partial charge on any atom is 0.311 e. The van der Waals surface area contributed by atoms with Gasteiger partial charge in [0.05, 0.1) is 17.7 Å². The van der Waals surface area contributed by atoms with Gasteiger partial charge in [-0.25, -0.2) is 4.98 Å². The topological polar surface area (TPSA) is 81.0 Å². The number of nitrogens with zero attached hydrogens (tertiary/aromatic N) is 3. The lowest BCUT2D eigenvalue weighted by Crippen LogP contribution is -2.29. The summed E-state index contributed by atoms with van der Waals surface area (Å²) in [5.41, 5.74) is 2.63. The maximum absolute atomic E-state index is 12.5. The second-order valence-corrected chi connectivity index (χ2v) is 7.66.